The number of hydrogen-bond acceptors (Lipinski definition) is 0. The first kappa shape index (κ1) is 19.1. The van der Waals surface area contributed by atoms with Gasteiger partial charge in [-0.05, 0) is 44.2 Å². The van der Waals surface area contributed by atoms with Crippen molar-refractivity contribution in [3.63, 3.8) is 0 Å². The maximum Gasteiger partial charge on any atom is 0.673 e. The van der Waals surface area contributed by atoms with E-state index in [2.05, 4.69) is 80.6 Å². The van der Waals surface area contributed by atoms with E-state index in [1.54, 1.807) is 0 Å². The standard InChI is InChI=1S/C19H17S.BF4/c1-14-13-15(2)19(17-11-7-4-8-12-17)20-18(14)16-9-5-3-6-10-16;2-1(3,4)5/h3-13H,1-2H3;/q+1;-1. The number of halogens is 4. The van der Waals surface area contributed by atoms with Crippen LogP contribution in [0.5, 0.6) is 0 Å². The van der Waals surface area contributed by atoms with Crippen LogP contribution >= 0.6 is 11.3 Å². The summed E-state index contributed by atoms with van der Waals surface area (Å²) in [6.07, 6.45) is 0. The van der Waals surface area contributed by atoms with E-state index in [0.29, 0.717) is 0 Å². The van der Waals surface area contributed by atoms with Crippen LogP contribution in [-0.4, -0.2) is 7.25 Å². The molecular formula is C19H17BF4S. The molecule has 0 bridgehead atoms. The molecule has 0 spiro atoms. The third-order valence-electron chi connectivity index (χ3n) is 3.43. The molecule has 0 aliphatic carbocycles. The molecule has 0 aliphatic rings. The largest absolute Gasteiger partial charge is 0.673 e. The monoisotopic (exact) mass is 364 g/mol. The summed E-state index contributed by atoms with van der Waals surface area (Å²) in [4.78, 5) is 2.71. The van der Waals surface area contributed by atoms with Crippen molar-refractivity contribution in [2.45, 2.75) is 13.8 Å². The van der Waals surface area contributed by atoms with Crippen molar-refractivity contribution in [3.8, 4) is 20.9 Å². The molecule has 1 heterocycles. The summed E-state index contributed by atoms with van der Waals surface area (Å²) in [6.45, 7) is 4.39. The van der Waals surface area contributed by atoms with E-state index >= 15 is 0 Å². The molecule has 0 saturated heterocycles. The van der Waals surface area contributed by atoms with Gasteiger partial charge in [-0.3, -0.25) is 0 Å². The quantitative estimate of drug-likeness (QED) is 0.255. The summed E-state index contributed by atoms with van der Waals surface area (Å²) in [5.74, 6) is 0. The molecule has 130 valence electrons. The van der Waals surface area contributed by atoms with E-state index in [9.17, 15) is 17.3 Å². The zero-order valence-corrected chi connectivity index (χ0v) is 14.7. The minimum absolute atomic E-state index is 1.30. The molecule has 0 unspecified atom stereocenters. The lowest BCUT2D eigenvalue weighted by molar-refractivity contribution is 0.368. The Morgan fingerprint density at radius 1 is 0.640 bits per heavy atom. The predicted octanol–water partition coefficient (Wildman–Crippen LogP) is 7.28. The van der Waals surface area contributed by atoms with Crippen LogP contribution in [0.15, 0.2) is 66.7 Å². The van der Waals surface area contributed by atoms with E-state index < -0.39 is 7.25 Å². The van der Waals surface area contributed by atoms with Crippen LogP contribution in [0.1, 0.15) is 11.1 Å². The minimum Gasteiger partial charge on any atom is -0.418 e. The van der Waals surface area contributed by atoms with Crippen molar-refractivity contribution in [1.29, 1.82) is 0 Å². The second kappa shape index (κ2) is 8.25. The Morgan fingerprint density at radius 2 is 0.960 bits per heavy atom. The highest BCUT2D eigenvalue weighted by molar-refractivity contribution is 7.18. The molecule has 2 aromatic carbocycles. The van der Waals surface area contributed by atoms with Gasteiger partial charge < -0.3 is 17.3 Å². The third-order valence-corrected chi connectivity index (χ3v) is 4.95. The highest BCUT2D eigenvalue weighted by atomic mass is 32.1. The number of hydrogen-bond donors (Lipinski definition) is 0. The van der Waals surface area contributed by atoms with Gasteiger partial charge in [0.25, 0.3) is 0 Å². The van der Waals surface area contributed by atoms with Gasteiger partial charge >= 0.3 is 7.25 Å². The van der Waals surface area contributed by atoms with Crippen LogP contribution in [0.2, 0.25) is 0 Å². The first-order chi connectivity index (χ1) is 11.8. The summed E-state index contributed by atoms with van der Waals surface area (Å²) < 4.78 is 39.0. The molecule has 0 aliphatic heterocycles. The van der Waals surface area contributed by atoms with Crippen molar-refractivity contribution in [1.82, 2.24) is 0 Å². The topological polar surface area (TPSA) is 0 Å². The van der Waals surface area contributed by atoms with E-state index in [1.165, 1.54) is 32.0 Å². The van der Waals surface area contributed by atoms with E-state index in [0.717, 1.165) is 0 Å². The van der Waals surface area contributed by atoms with Crippen LogP contribution in [-0.2, 0) is 0 Å². The molecule has 0 nitrogen and oxygen atoms in total. The average molecular weight is 364 g/mol. The van der Waals surface area contributed by atoms with Gasteiger partial charge in [-0.2, -0.15) is 0 Å². The summed E-state index contributed by atoms with van der Waals surface area (Å²) in [6, 6.07) is 23.6. The lowest BCUT2D eigenvalue weighted by Crippen LogP contribution is -2.02. The molecule has 6 heteroatoms. The van der Waals surface area contributed by atoms with Crippen LogP contribution in [0.25, 0.3) is 20.9 Å². The lowest BCUT2D eigenvalue weighted by Gasteiger charge is -2.02. The Balaban J connectivity index is 0.000000399. The minimum atomic E-state index is -6.00. The average Bonchev–Trinajstić information content (AvgIpc) is 2.55. The number of aryl methyl sites for hydroxylation is 2. The van der Waals surface area contributed by atoms with Gasteiger partial charge in [-0.1, -0.05) is 36.4 Å². The van der Waals surface area contributed by atoms with Crippen LogP contribution in [0.3, 0.4) is 0 Å². The fraction of sp³-hybridized carbons (Fsp3) is 0.105. The SMILES string of the molecule is Cc1cc(C)c(-c2ccccc2)[s+]c1-c1ccccc1.F[B-](F)(F)F. The second-order valence-corrected chi connectivity index (χ2v) is 6.52. The first-order valence-corrected chi connectivity index (χ1v) is 8.50. The molecule has 0 atom stereocenters. The van der Waals surface area contributed by atoms with E-state index in [4.69, 9.17) is 0 Å². The molecule has 0 saturated carbocycles. The Morgan fingerprint density at radius 3 is 1.28 bits per heavy atom. The molecule has 0 radical (unpaired) electrons. The lowest BCUT2D eigenvalue weighted by atomic mass is 10.1. The summed E-state index contributed by atoms with van der Waals surface area (Å²) >= 11 is 1.88. The molecule has 3 aromatic rings. The number of benzene rings is 2. The van der Waals surface area contributed by atoms with E-state index in [1.807, 2.05) is 11.3 Å². The fourth-order valence-corrected chi connectivity index (χ4v) is 3.62. The smallest absolute Gasteiger partial charge is 0.418 e. The van der Waals surface area contributed by atoms with Gasteiger partial charge in [0.2, 0.25) is 21.1 Å². The van der Waals surface area contributed by atoms with Gasteiger partial charge in [0.15, 0.2) is 0 Å². The Kier molecular flexibility index (Phi) is 6.31. The van der Waals surface area contributed by atoms with Crippen molar-refractivity contribution < 1.29 is 17.3 Å². The van der Waals surface area contributed by atoms with Crippen molar-refractivity contribution in [2.75, 3.05) is 0 Å². The number of rotatable bonds is 2. The molecule has 25 heavy (non-hydrogen) atoms. The first-order valence-electron chi connectivity index (χ1n) is 7.68. The van der Waals surface area contributed by atoms with Crippen molar-refractivity contribution >= 4 is 18.6 Å². The van der Waals surface area contributed by atoms with Crippen molar-refractivity contribution in [2.24, 2.45) is 0 Å². The van der Waals surface area contributed by atoms with Gasteiger partial charge in [0, 0.05) is 22.3 Å². The molecule has 0 fully saturated rings. The van der Waals surface area contributed by atoms with Crippen LogP contribution in [0.4, 0.5) is 17.3 Å². The highest BCUT2D eigenvalue weighted by Crippen LogP contribution is 2.37. The van der Waals surface area contributed by atoms with Crippen molar-refractivity contribution in [3.05, 3.63) is 77.9 Å². The zero-order chi connectivity index (χ0) is 18.4. The molecule has 0 amide bonds. The van der Waals surface area contributed by atoms with Crippen LogP contribution in [0, 0.1) is 13.8 Å². The molecule has 3 rings (SSSR count). The van der Waals surface area contributed by atoms with Gasteiger partial charge in [0.1, 0.15) is 0 Å². The maximum atomic E-state index is 9.75. The van der Waals surface area contributed by atoms with Gasteiger partial charge in [-0.25, -0.2) is 0 Å². The van der Waals surface area contributed by atoms with Crippen LogP contribution < -0.4 is 0 Å². The zero-order valence-electron chi connectivity index (χ0n) is 13.8. The predicted molar refractivity (Wildman–Crippen MR) is 99.3 cm³/mol. The highest BCUT2D eigenvalue weighted by Gasteiger charge is 2.21. The Labute approximate surface area is 148 Å². The second-order valence-electron chi connectivity index (χ2n) is 5.50. The van der Waals surface area contributed by atoms with E-state index in [-0.39, 0.29) is 0 Å². The fourth-order valence-electron chi connectivity index (χ4n) is 2.47. The Bertz CT molecular complexity index is 751. The van der Waals surface area contributed by atoms with Gasteiger partial charge in [-0.15, -0.1) is 0 Å². The maximum absolute atomic E-state index is 9.75. The molecule has 0 N–H and O–H groups in total. The third kappa shape index (κ3) is 5.98. The summed E-state index contributed by atoms with van der Waals surface area (Å²) in [5.41, 5.74) is 5.29. The molecule has 1 aromatic heterocycles. The Hall–Kier alpha value is -2.21. The summed E-state index contributed by atoms with van der Waals surface area (Å²) in [7, 11) is -6.00. The summed E-state index contributed by atoms with van der Waals surface area (Å²) in [5, 5.41) is 0. The van der Waals surface area contributed by atoms with Gasteiger partial charge in [0.05, 0.1) is 0 Å². The molecular weight excluding hydrogens is 347 g/mol. The normalized spacial score (nSPS) is 10.8.